The summed E-state index contributed by atoms with van der Waals surface area (Å²) in [7, 11) is 0. The van der Waals surface area contributed by atoms with Gasteiger partial charge in [0.1, 0.15) is 12.0 Å². The van der Waals surface area contributed by atoms with E-state index in [1.807, 2.05) is 10.8 Å². The predicted molar refractivity (Wildman–Crippen MR) is 100 cm³/mol. The Labute approximate surface area is 163 Å². The number of alkyl halides is 3. The smallest absolute Gasteiger partial charge is 0.465 e. The summed E-state index contributed by atoms with van der Waals surface area (Å²) in [4.78, 5) is 21.7. The zero-order valence-corrected chi connectivity index (χ0v) is 15.1. The van der Waals surface area contributed by atoms with Crippen molar-refractivity contribution >= 4 is 23.3 Å². The monoisotopic (exact) mass is 406 g/mol. The number of benzene rings is 2. The minimum atomic E-state index is -4.76. The first-order chi connectivity index (χ1) is 13.8. The molecular weight excluding hydrogens is 389 g/mol. The van der Waals surface area contributed by atoms with Crippen molar-refractivity contribution in [2.45, 2.75) is 19.3 Å². The van der Waals surface area contributed by atoms with Gasteiger partial charge in [-0.05, 0) is 42.3 Å². The summed E-state index contributed by atoms with van der Waals surface area (Å²) in [5, 5.41) is 11.7. The molecule has 6 nitrogen and oxygen atoms in total. The molecule has 0 spiro atoms. The Morgan fingerprint density at radius 2 is 1.90 bits per heavy atom. The van der Waals surface area contributed by atoms with Crippen molar-refractivity contribution in [3.63, 3.8) is 0 Å². The molecule has 0 saturated carbocycles. The quantitative estimate of drug-likeness (QED) is 0.441. The number of hydrogen-bond donors (Lipinski definition) is 2. The molecule has 1 heterocycles. The Morgan fingerprint density at radius 1 is 1.17 bits per heavy atom. The average molecular weight is 406 g/mol. The van der Waals surface area contributed by atoms with Gasteiger partial charge in [0.25, 0.3) is 0 Å². The van der Waals surface area contributed by atoms with Gasteiger partial charge in [-0.1, -0.05) is 12.1 Å². The van der Waals surface area contributed by atoms with E-state index in [-0.39, 0.29) is 12.3 Å². The normalized spacial score (nSPS) is 11.4. The lowest BCUT2D eigenvalue weighted by Crippen LogP contribution is -2.22. The number of aldehydes is 1. The van der Waals surface area contributed by atoms with Crippen LogP contribution in [0.5, 0.6) is 5.75 Å². The largest absolute Gasteiger partial charge is 0.573 e. The van der Waals surface area contributed by atoms with Crippen LogP contribution in [0.4, 0.5) is 18.0 Å². The van der Waals surface area contributed by atoms with Crippen LogP contribution in [0, 0.1) is 0 Å². The maximum absolute atomic E-state index is 12.4. The standard InChI is InChI=1S/C20H17F3N2O4/c21-20(22,23)29-15-5-3-14(4-6-15)17-11-25(9-1-8-24-19(27)28)18-7-2-13(12-26)10-16(17)18/h2-7,10-12,24H,1,8-9H2,(H,27,28). The number of fused-ring (bicyclic) bond motifs is 1. The third-order valence-electron chi connectivity index (χ3n) is 4.29. The Hall–Kier alpha value is -3.49. The predicted octanol–water partition coefficient (Wildman–Crippen LogP) is 4.68. The van der Waals surface area contributed by atoms with Gasteiger partial charge in [-0.2, -0.15) is 0 Å². The van der Waals surface area contributed by atoms with Crippen molar-refractivity contribution in [3.8, 4) is 16.9 Å². The van der Waals surface area contributed by atoms with E-state index >= 15 is 0 Å². The molecule has 0 fully saturated rings. The van der Waals surface area contributed by atoms with E-state index in [1.54, 1.807) is 18.2 Å². The molecule has 0 atom stereocenters. The Morgan fingerprint density at radius 3 is 2.52 bits per heavy atom. The molecule has 0 unspecified atom stereocenters. The molecular formula is C20H17F3N2O4. The van der Waals surface area contributed by atoms with Crippen LogP contribution in [-0.4, -0.2) is 35.0 Å². The first kappa shape index (κ1) is 20.2. The number of rotatable bonds is 7. The summed E-state index contributed by atoms with van der Waals surface area (Å²) in [5.41, 5.74) is 2.71. The van der Waals surface area contributed by atoms with Crippen LogP contribution in [0.3, 0.4) is 0 Å². The summed E-state index contributed by atoms with van der Waals surface area (Å²) in [6.45, 7) is 0.798. The fourth-order valence-electron chi connectivity index (χ4n) is 3.08. The van der Waals surface area contributed by atoms with Gasteiger partial charge in [0.15, 0.2) is 0 Å². The highest BCUT2D eigenvalue weighted by molar-refractivity contribution is 5.98. The highest BCUT2D eigenvalue weighted by Gasteiger charge is 2.31. The molecule has 9 heteroatoms. The number of halogens is 3. The van der Waals surface area contributed by atoms with Crippen molar-refractivity contribution in [1.29, 1.82) is 0 Å². The zero-order valence-electron chi connectivity index (χ0n) is 15.1. The highest BCUT2D eigenvalue weighted by atomic mass is 19.4. The number of hydrogen-bond acceptors (Lipinski definition) is 3. The van der Waals surface area contributed by atoms with Crippen LogP contribution in [0.1, 0.15) is 16.8 Å². The van der Waals surface area contributed by atoms with Crippen molar-refractivity contribution in [3.05, 3.63) is 54.2 Å². The molecule has 1 aromatic heterocycles. The van der Waals surface area contributed by atoms with E-state index in [4.69, 9.17) is 5.11 Å². The summed E-state index contributed by atoms with van der Waals surface area (Å²) in [6, 6.07) is 10.7. The van der Waals surface area contributed by atoms with Crippen LogP contribution < -0.4 is 10.1 Å². The van der Waals surface area contributed by atoms with Crippen molar-refractivity contribution in [1.82, 2.24) is 9.88 Å². The lowest BCUT2D eigenvalue weighted by atomic mass is 10.0. The molecule has 3 rings (SSSR count). The molecule has 0 aliphatic carbocycles. The van der Waals surface area contributed by atoms with Gasteiger partial charge in [-0.25, -0.2) is 4.79 Å². The summed E-state index contributed by atoms with van der Waals surface area (Å²) < 4.78 is 42.9. The molecule has 3 aromatic rings. The van der Waals surface area contributed by atoms with E-state index in [2.05, 4.69) is 10.1 Å². The van der Waals surface area contributed by atoms with Crippen LogP contribution >= 0.6 is 0 Å². The Bertz CT molecular complexity index is 1030. The zero-order chi connectivity index (χ0) is 21.0. The molecule has 0 saturated heterocycles. The maximum atomic E-state index is 12.4. The fraction of sp³-hybridized carbons (Fsp3) is 0.200. The van der Waals surface area contributed by atoms with Crippen LogP contribution in [0.25, 0.3) is 22.0 Å². The number of ether oxygens (including phenoxy) is 1. The molecule has 0 bridgehead atoms. The third-order valence-corrected chi connectivity index (χ3v) is 4.29. The molecule has 29 heavy (non-hydrogen) atoms. The topological polar surface area (TPSA) is 80.6 Å². The molecule has 1 amide bonds. The number of amides is 1. The van der Waals surface area contributed by atoms with Gasteiger partial charge in [-0.15, -0.1) is 13.2 Å². The molecule has 2 aromatic carbocycles. The molecule has 2 N–H and O–H groups in total. The number of carbonyl (C=O) groups is 2. The van der Waals surface area contributed by atoms with E-state index in [0.29, 0.717) is 24.1 Å². The second-order valence-electron chi connectivity index (χ2n) is 6.29. The lowest BCUT2D eigenvalue weighted by Gasteiger charge is -2.09. The van der Waals surface area contributed by atoms with E-state index in [0.717, 1.165) is 22.8 Å². The number of aryl methyl sites for hydroxylation is 1. The minimum Gasteiger partial charge on any atom is -0.465 e. The van der Waals surface area contributed by atoms with Gasteiger partial charge in [0.2, 0.25) is 0 Å². The first-order valence-electron chi connectivity index (χ1n) is 8.68. The van der Waals surface area contributed by atoms with Gasteiger partial charge >= 0.3 is 12.5 Å². The van der Waals surface area contributed by atoms with Crippen molar-refractivity contribution in [2.75, 3.05) is 6.54 Å². The van der Waals surface area contributed by atoms with Crippen molar-refractivity contribution in [2.24, 2.45) is 0 Å². The molecule has 0 aliphatic rings. The maximum Gasteiger partial charge on any atom is 0.573 e. The highest BCUT2D eigenvalue weighted by Crippen LogP contribution is 2.33. The van der Waals surface area contributed by atoms with Crippen LogP contribution in [0.2, 0.25) is 0 Å². The average Bonchev–Trinajstić information content (AvgIpc) is 3.02. The van der Waals surface area contributed by atoms with Crippen LogP contribution in [-0.2, 0) is 6.54 Å². The SMILES string of the molecule is O=Cc1ccc2c(c1)c(-c1ccc(OC(F)(F)F)cc1)cn2CCCNC(=O)O. The van der Waals surface area contributed by atoms with E-state index in [9.17, 15) is 22.8 Å². The second kappa shape index (κ2) is 8.26. The van der Waals surface area contributed by atoms with Gasteiger partial charge in [0.05, 0.1) is 0 Å². The number of carboxylic acid groups (broad SMARTS) is 1. The summed E-state index contributed by atoms with van der Waals surface area (Å²) in [6.07, 6.45) is -2.76. The number of nitrogens with one attached hydrogen (secondary N) is 1. The Kier molecular flexibility index (Phi) is 5.76. The van der Waals surface area contributed by atoms with Crippen molar-refractivity contribution < 1.29 is 32.6 Å². The summed E-state index contributed by atoms with van der Waals surface area (Å²) in [5.74, 6) is -0.321. The Balaban J connectivity index is 1.93. The number of aromatic nitrogens is 1. The minimum absolute atomic E-state index is 0.278. The molecule has 0 aliphatic heterocycles. The third kappa shape index (κ3) is 5.07. The fourth-order valence-corrected chi connectivity index (χ4v) is 3.08. The number of carbonyl (C=O) groups excluding carboxylic acids is 1. The van der Waals surface area contributed by atoms with Crippen LogP contribution in [0.15, 0.2) is 48.7 Å². The van der Waals surface area contributed by atoms with E-state index in [1.165, 1.54) is 24.3 Å². The van der Waals surface area contributed by atoms with Gasteiger partial charge in [0, 0.05) is 41.3 Å². The number of nitrogens with zero attached hydrogens (tertiary/aromatic N) is 1. The molecule has 152 valence electrons. The second-order valence-corrected chi connectivity index (χ2v) is 6.29. The van der Waals surface area contributed by atoms with Gasteiger partial charge < -0.3 is 19.7 Å². The van der Waals surface area contributed by atoms with E-state index < -0.39 is 12.5 Å². The molecule has 0 radical (unpaired) electrons. The lowest BCUT2D eigenvalue weighted by molar-refractivity contribution is -0.274. The first-order valence-corrected chi connectivity index (χ1v) is 8.68. The summed E-state index contributed by atoms with van der Waals surface area (Å²) >= 11 is 0. The van der Waals surface area contributed by atoms with Gasteiger partial charge in [-0.3, -0.25) is 4.79 Å².